The van der Waals surface area contributed by atoms with E-state index in [0.717, 1.165) is 12.8 Å². The minimum Gasteiger partial charge on any atom is -0.444 e. The monoisotopic (exact) mass is 299 g/mol. The van der Waals surface area contributed by atoms with Crippen molar-refractivity contribution >= 4 is 11.9 Å². The van der Waals surface area contributed by atoms with Crippen molar-refractivity contribution in [2.75, 3.05) is 13.1 Å². The van der Waals surface area contributed by atoms with Crippen LogP contribution in [0.25, 0.3) is 0 Å². The van der Waals surface area contributed by atoms with E-state index in [4.69, 9.17) is 4.74 Å². The Labute approximate surface area is 130 Å². The van der Waals surface area contributed by atoms with Gasteiger partial charge in [-0.25, -0.2) is 4.79 Å². The molecule has 0 aromatic heterocycles. The fourth-order valence-electron chi connectivity index (χ4n) is 2.09. The molecule has 124 valence electrons. The molecule has 0 rings (SSSR count). The van der Waals surface area contributed by atoms with Gasteiger partial charge < -0.3 is 9.64 Å². The molecule has 0 radical (unpaired) electrons. The van der Waals surface area contributed by atoms with Crippen molar-refractivity contribution in [3.05, 3.63) is 0 Å². The molecule has 0 atom stereocenters. The Morgan fingerprint density at radius 1 is 0.952 bits per heavy atom. The van der Waals surface area contributed by atoms with Gasteiger partial charge in [-0.1, -0.05) is 45.4 Å². The van der Waals surface area contributed by atoms with E-state index in [1.165, 1.54) is 43.9 Å². The van der Waals surface area contributed by atoms with Crippen molar-refractivity contribution in [1.82, 2.24) is 4.90 Å². The standard InChI is InChI=1S/C17H33NO3/c1-6-7-8-9-10-11-12-13-18(14-15(2)19)16(20)21-17(3,4)5/h6-14H2,1-5H3. The topological polar surface area (TPSA) is 46.6 Å². The van der Waals surface area contributed by atoms with Gasteiger partial charge in [0.05, 0.1) is 6.54 Å². The minimum absolute atomic E-state index is 0.0104. The average Bonchev–Trinajstić information content (AvgIpc) is 2.33. The average molecular weight is 299 g/mol. The predicted octanol–water partition coefficient (Wildman–Crippen LogP) is 4.56. The lowest BCUT2D eigenvalue weighted by Crippen LogP contribution is -2.39. The van der Waals surface area contributed by atoms with E-state index in [1.54, 1.807) is 0 Å². The third kappa shape index (κ3) is 12.4. The Bertz CT molecular complexity index is 308. The smallest absolute Gasteiger partial charge is 0.410 e. The lowest BCUT2D eigenvalue weighted by molar-refractivity contribution is -0.118. The Balaban J connectivity index is 4.07. The van der Waals surface area contributed by atoms with Gasteiger partial charge in [0.25, 0.3) is 0 Å². The summed E-state index contributed by atoms with van der Waals surface area (Å²) in [6, 6.07) is 0. The van der Waals surface area contributed by atoms with Crippen LogP contribution in [0.2, 0.25) is 0 Å². The number of ketones is 1. The van der Waals surface area contributed by atoms with Crippen LogP contribution in [0.5, 0.6) is 0 Å². The van der Waals surface area contributed by atoms with Gasteiger partial charge in [-0.3, -0.25) is 4.79 Å². The van der Waals surface area contributed by atoms with Crippen LogP contribution in [0, 0.1) is 0 Å². The van der Waals surface area contributed by atoms with Crippen molar-refractivity contribution in [1.29, 1.82) is 0 Å². The summed E-state index contributed by atoms with van der Waals surface area (Å²) >= 11 is 0. The third-order valence-electron chi connectivity index (χ3n) is 3.10. The van der Waals surface area contributed by atoms with Gasteiger partial charge in [0.2, 0.25) is 0 Å². The number of unbranched alkanes of at least 4 members (excludes halogenated alkanes) is 6. The molecule has 0 N–H and O–H groups in total. The summed E-state index contributed by atoms with van der Waals surface area (Å²) in [7, 11) is 0. The van der Waals surface area contributed by atoms with Crippen molar-refractivity contribution in [3.63, 3.8) is 0 Å². The SMILES string of the molecule is CCCCCCCCCN(CC(C)=O)C(=O)OC(C)(C)C. The summed E-state index contributed by atoms with van der Waals surface area (Å²) in [6.45, 7) is 9.97. The minimum atomic E-state index is -0.522. The maximum absolute atomic E-state index is 12.1. The zero-order chi connectivity index (χ0) is 16.3. The lowest BCUT2D eigenvalue weighted by Gasteiger charge is -2.26. The summed E-state index contributed by atoms with van der Waals surface area (Å²) in [5.74, 6) is -0.0104. The molecule has 0 fully saturated rings. The number of Topliss-reactive ketones (excluding diaryl/α,β-unsaturated/α-hetero) is 1. The summed E-state index contributed by atoms with van der Waals surface area (Å²) in [5.41, 5.74) is -0.522. The summed E-state index contributed by atoms with van der Waals surface area (Å²) in [6.07, 6.45) is 7.94. The van der Waals surface area contributed by atoms with Gasteiger partial charge >= 0.3 is 6.09 Å². The fraction of sp³-hybridized carbons (Fsp3) is 0.882. The molecule has 0 saturated heterocycles. The Kier molecular flexibility index (Phi) is 10.1. The second kappa shape index (κ2) is 10.6. The number of ether oxygens (including phenoxy) is 1. The second-order valence-corrected chi connectivity index (χ2v) is 6.73. The first kappa shape index (κ1) is 19.9. The van der Waals surface area contributed by atoms with Gasteiger partial charge in [-0.15, -0.1) is 0 Å². The number of amides is 1. The van der Waals surface area contributed by atoms with Crippen LogP contribution in [0.1, 0.15) is 79.6 Å². The number of carbonyl (C=O) groups is 2. The molecule has 1 amide bonds. The van der Waals surface area contributed by atoms with Crippen LogP contribution in [-0.2, 0) is 9.53 Å². The molecule has 0 saturated carbocycles. The van der Waals surface area contributed by atoms with Crippen LogP contribution in [0.4, 0.5) is 4.79 Å². The van der Waals surface area contributed by atoms with Gasteiger partial charge in [0, 0.05) is 6.54 Å². The zero-order valence-corrected chi connectivity index (χ0v) is 14.5. The quantitative estimate of drug-likeness (QED) is 0.555. The van der Waals surface area contributed by atoms with Crippen molar-refractivity contribution in [2.24, 2.45) is 0 Å². The Morgan fingerprint density at radius 3 is 1.95 bits per heavy atom. The molecule has 21 heavy (non-hydrogen) atoms. The molecule has 0 aromatic rings. The maximum Gasteiger partial charge on any atom is 0.410 e. The Hall–Kier alpha value is -1.06. The van der Waals surface area contributed by atoms with E-state index >= 15 is 0 Å². The number of hydrogen-bond donors (Lipinski definition) is 0. The highest BCUT2D eigenvalue weighted by atomic mass is 16.6. The molecule has 0 aromatic carbocycles. The van der Waals surface area contributed by atoms with Crippen molar-refractivity contribution < 1.29 is 14.3 Å². The van der Waals surface area contributed by atoms with E-state index in [0.29, 0.717) is 6.54 Å². The maximum atomic E-state index is 12.1. The normalized spacial score (nSPS) is 11.3. The van der Waals surface area contributed by atoms with Crippen LogP contribution >= 0.6 is 0 Å². The van der Waals surface area contributed by atoms with E-state index in [2.05, 4.69) is 6.92 Å². The molecule has 0 unspecified atom stereocenters. The van der Waals surface area contributed by atoms with Gasteiger partial charge in [0.1, 0.15) is 11.4 Å². The highest BCUT2D eigenvalue weighted by molar-refractivity contribution is 5.82. The molecule has 0 spiro atoms. The number of nitrogens with zero attached hydrogens (tertiary/aromatic N) is 1. The molecule has 0 aliphatic heterocycles. The van der Waals surface area contributed by atoms with Crippen LogP contribution in [0.15, 0.2) is 0 Å². The van der Waals surface area contributed by atoms with Crippen LogP contribution in [0.3, 0.4) is 0 Å². The molecule has 0 aliphatic carbocycles. The summed E-state index contributed by atoms with van der Waals surface area (Å²) in [5, 5.41) is 0. The Morgan fingerprint density at radius 2 is 1.48 bits per heavy atom. The fourth-order valence-corrected chi connectivity index (χ4v) is 2.09. The largest absolute Gasteiger partial charge is 0.444 e. The first-order valence-corrected chi connectivity index (χ1v) is 8.23. The summed E-state index contributed by atoms with van der Waals surface area (Å²) in [4.78, 5) is 24.9. The first-order valence-electron chi connectivity index (χ1n) is 8.23. The molecular weight excluding hydrogens is 266 g/mol. The van der Waals surface area contributed by atoms with Crippen LogP contribution in [-0.4, -0.2) is 35.5 Å². The number of hydrogen-bond acceptors (Lipinski definition) is 3. The zero-order valence-electron chi connectivity index (χ0n) is 14.5. The second-order valence-electron chi connectivity index (χ2n) is 6.73. The molecular formula is C17H33NO3. The van der Waals surface area contributed by atoms with Crippen LogP contribution < -0.4 is 0 Å². The third-order valence-corrected chi connectivity index (χ3v) is 3.10. The van der Waals surface area contributed by atoms with Crippen molar-refractivity contribution in [2.45, 2.75) is 85.2 Å². The van der Waals surface area contributed by atoms with Crippen molar-refractivity contribution in [3.8, 4) is 0 Å². The molecule has 0 heterocycles. The number of carbonyl (C=O) groups excluding carboxylic acids is 2. The van der Waals surface area contributed by atoms with E-state index in [-0.39, 0.29) is 18.4 Å². The van der Waals surface area contributed by atoms with E-state index in [9.17, 15) is 9.59 Å². The molecule has 4 nitrogen and oxygen atoms in total. The number of rotatable bonds is 10. The van der Waals surface area contributed by atoms with E-state index < -0.39 is 5.60 Å². The predicted molar refractivity (Wildman–Crippen MR) is 86.5 cm³/mol. The van der Waals surface area contributed by atoms with Gasteiger partial charge in [0.15, 0.2) is 0 Å². The molecule has 0 bridgehead atoms. The molecule has 0 aliphatic rings. The van der Waals surface area contributed by atoms with E-state index in [1.807, 2.05) is 20.8 Å². The summed E-state index contributed by atoms with van der Waals surface area (Å²) < 4.78 is 5.35. The highest BCUT2D eigenvalue weighted by Gasteiger charge is 2.22. The van der Waals surface area contributed by atoms with Gasteiger partial charge in [-0.2, -0.15) is 0 Å². The molecule has 4 heteroatoms. The van der Waals surface area contributed by atoms with Gasteiger partial charge in [-0.05, 0) is 34.1 Å². The first-order chi connectivity index (χ1) is 9.76. The highest BCUT2D eigenvalue weighted by Crippen LogP contribution is 2.12. The lowest BCUT2D eigenvalue weighted by atomic mass is 10.1.